The number of pyridine rings is 1. The van der Waals surface area contributed by atoms with E-state index in [1.54, 1.807) is 12.1 Å². The fourth-order valence-corrected chi connectivity index (χ4v) is 3.76. The van der Waals surface area contributed by atoms with Crippen molar-refractivity contribution in [1.29, 1.82) is 0 Å². The van der Waals surface area contributed by atoms with Crippen molar-refractivity contribution in [3.05, 3.63) is 81.4 Å². The summed E-state index contributed by atoms with van der Waals surface area (Å²) in [5.41, 5.74) is 1.71. The molecule has 0 unspecified atom stereocenters. The minimum Gasteiger partial charge on any atom is -0.350 e. The third kappa shape index (κ3) is 3.96. The van der Waals surface area contributed by atoms with Gasteiger partial charge in [-0.2, -0.15) is 4.98 Å². The number of amides is 1. The molecule has 5 rings (SSSR count). The average molecular weight is 435 g/mol. The van der Waals surface area contributed by atoms with Gasteiger partial charge in [0.25, 0.3) is 11.4 Å². The molecule has 1 aliphatic rings. The lowest BCUT2D eigenvalue weighted by atomic mass is 10.1. The van der Waals surface area contributed by atoms with E-state index in [0.717, 1.165) is 23.8 Å². The van der Waals surface area contributed by atoms with Gasteiger partial charge in [0.1, 0.15) is 6.54 Å². The molecule has 0 saturated heterocycles. The molecule has 0 bridgehead atoms. The van der Waals surface area contributed by atoms with Gasteiger partial charge in [0, 0.05) is 28.9 Å². The molecule has 1 aliphatic carbocycles. The number of rotatable bonds is 6. The van der Waals surface area contributed by atoms with E-state index in [-0.39, 0.29) is 24.6 Å². The van der Waals surface area contributed by atoms with Gasteiger partial charge >= 0.3 is 0 Å². The summed E-state index contributed by atoms with van der Waals surface area (Å²) >= 11 is 6.15. The molecule has 8 heteroatoms. The monoisotopic (exact) mass is 434 g/mol. The Hall–Kier alpha value is -3.45. The molecule has 4 aromatic rings. The molecule has 1 N–H and O–H groups in total. The Bertz CT molecular complexity index is 1340. The highest BCUT2D eigenvalue weighted by Gasteiger charge is 2.29. The Kier molecular flexibility index (Phi) is 5.03. The van der Waals surface area contributed by atoms with Crippen LogP contribution in [0.1, 0.15) is 30.1 Å². The zero-order chi connectivity index (χ0) is 21.4. The van der Waals surface area contributed by atoms with Crippen LogP contribution in [0.5, 0.6) is 0 Å². The van der Waals surface area contributed by atoms with Crippen LogP contribution in [0.25, 0.3) is 22.4 Å². The first-order chi connectivity index (χ1) is 15.1. The second-order valence-electron chi connectivity index (χ2n) is 7.60. The van der Waals surface area contributed by atoms with Gasteiger partial charge in [-0.05, 0) is 30.5 Å². The number of halogens is 1. The highest BCUT2D eigenvalue weighted by Crippen LogP contribution is 2.39. The van der Waals surface area contributed by atoms with Crippen molar-refractivity contribution >= 4 is 28.4 Å². The molecule has 2 heterocycles. The molecule has 0 spiro atoms. The molecule has 2 aromatic heterocycles. The lowest BCUT2D eigenvalue weighted by Crippen LogP contribution is -2.32. The second kappa shape index (κ2) is 8.00. The summed E-state index contributed by atoms with van der Waals surface area (Å²) in [5, 5.41) is 8.23. The Labute approximate surface area is 182 Å². The van der Waals surface area contributed by atoms with Gasteiger partial charge in [-0.25, -0.2) is 0 Å². The molecular formula is C23H19ClN4O3. The van der Waals surface area contributed by atoms with E-state index in [1.807, 2.05) is 36.4 Å². The van der Waals surface area contributed by atoms with Crippen LogP contribution in [0.3, 0.4) is 0 Å². The van der Waals surface area contributed by atoms with Crippen LogP contribution in [-0.2, 0) is 17.9 Å². The number of benzene rings is 2. The summed E-state index contributed by atoms with van der Waals surface area (Å²) in [4.78, 5) is 30.0. The zero-order valence-corrected chi connectivity index (χ0v) is 17.3. The van der Waals surface area contributed by atoms with Gasteiger partial charge < -0.3 is 9.84 Å². The molecule has 7 nitrogen and oxygen atoms in total. The number of hydrogen-bond donors (Lipinski definition) is 1. The largest absolute Gasteiger partial charge is 0.350 e. The number of hydrogen-bond acceptors (Lipinski definition) is 5. The Morgan fingerprint density at radius 1 is 1.16 bits per heavy atom. The topological polar surface area (TPSA) is 90.0 Å². The maximum atomic E-state index is 12.9. The smallest absolute Gasteiger partial charge is 0.258 e. The SMILES string of the molecule is O=C(Cn1c(=O)cc(-c2nc(C3CC3)no2)c2ccccc21)NCc1ccccc1Cl. The van der Waals surface area contributed by atoms with Crippen LogP contribution in [-0.4, -0.2) is 20.6 Å². The van der Waals surface area contributed by atoms with E-state index in [9.17, 15) is 9.59 Å². The van der Waals surface area contributed by atoms with Gasteiger partial charge in [0.2, 0.25) is 5.91 Å². The number of carbonyl (C=O) groups excluding carboxylic acids is 1. The quantitative estimate of drug-likeness (QED) is 0.497. The van der Waals surface area contributed by atoms with Gasteiger partial charge in [-0.1, -0.05) is 53.2 Å². The molecule has 1 fully saturated rings. The minimum absolute atomic E-state index is 0.110. The number of carbonyl (C=O) groups is 1. The lowest BCUT2D eigenvalue weighted by Gasteiger charge is -2.12. The summed E-state index contributed by atoms with van der Waals surface area (Å²) in [5.74, 6) is 1.08. The minimum atomic E-state index is -0.312. The van der Waals surface area contributed by atoms with Gasteiger partial charge in [-0.15, -0.1) is 0 Å². The first-order valence-electron chi connectivity index (χ1n) is 10.1. The Morgan fingerprint density at radius 2 is 1.94 bits per heavy atom. The summed E-state index contributed by atoms with van der Waals surface area (Å²) in [7, 11) is 0. The number of para-hydroxylation sites is 1. The fourth-order valence-electron chi connectivity index (χ4n) is 3.56. The van der Waals surface area contributed by atoms with E-state index in [2.05, 4.69) is 15.5 Å². The molecule has 0 radical (unpaired) electrons. The number of aromatic nitrogens is 3. The molecule has 1 saturated carbocycles. The van der Waals surface area contributed by atoms with Crippen LogP contribution >= 0.6 is 11.6 Å². The summed E-state index contributed by atoms with van der Waals surface area (Å²) in [6.45, 7) is 0.177. The van der Waals surface area contributed by atoms with Crippen molar-refractivity contribution in [2.75, 3.05) is 0 Å². The maximum absolute atomic E-state index is 12.9. The third-order valence-corrected chi connectivity index (χ3v) is 5.74. The molecule has 1 amide bonds. The summed E-state index contributed by atoms with van der Waals surface area (Å²) < 4.78 is 6.88. The van der Waals surface area contributed by atoms with Crippen molar-refractivity contribution in [3.8, 4) is 11.5 Å². The van der Waals surface area contributed by atoms with Crippen LogP contribution in [0.4, 0.5) is 0 Å². The molecule has 0 atom stereocenters. The Morgan fingerprint density at radius 3 is 2.74 bits per heavy atom. The van der Waals surface area contributed by atoms with E-state index < -0.39 is 0 Å². The van der Waals surface area contributed by atoms with E-state index >= 15 is 0 Å². The highest BCUT2D eigenvalue weighted by atomic mass is 35.5. The van der Waals surface area contributed by atoms with Crippen LogP contribution in [0.2, 0.25) is 5.02 Å². The number of nitrogens with zero attached hydrogens (tertiary/aromatic N) is 3. The summed E-state index contributed by atoms with van der Waals surface area (Å²) in [6, 6.07) is 16.1. The predicted octanol–water partition coefficient (Wildman–Crippen LogP) is 3.90. The normalized spacial score (nSPS) is 13.5. The molecular weight excluding hydrogens is 416 g/mol. The number of fused-ring (bicyclic) bond motifs is 1. The molecule has 31 heavy (non-hydrogen) atoms. The van der Waals surface area contributed by atoms with E-state index in [1.165, 1.54) is 10.6 Å². The fraction of sp³-hybridized carbons (Fsp3) is 0.217. The first kappa shape index (κ1) is 19.5. The zero-order valence-electron chi connectivity index (χ0n) is 16.5. The van der Waals surface area contributed by atoms with Crippen molar-refractivity contribution in [2.24, 2.45) is 0 Å². The van der Waals surface area contributed by atoms with Gasteiger partial charge in [0.05, 0.1) is 11.1 Å². The second-order valence-corrected chi connectivity index (χ2v) is 8.01. The summed E-state index contributed by atoms with van der Waals surface area (Å²) in [6.07, 6.45) is 2.12. The van der Waals surface area contributed by atoms with E-state index in [0.29, 0.717) is 33.7 Å². The highest BCUT2D eigenvalue weighted by molar-refractivity contribution is 6.31. The maximum Gasteiger partial charge on any atom is 0.258 e. The van der Waals surface area contributed by atoms with Crippen molar-refractivity contribution in [1.82, 2.24) is 20.0 Å². The van der Waals surface area contributed by atoms with E-state index in [4.69, 9.17) is 16.1 Å². The lowest BCUT2D eigenvalue weighted by molar-refractivity contribution is -0.121. The van der Waals surface area contributed by atoms with Crippen molar-refractivity contribution in [3.63, 3.8) is 0 Å². The van der Waals surface area contributed by atoms with Crippen LogP contribution in [0, 0.1) is 0 Å². The molecule has 0 aliphatic heterocycles. The van der Waals surface area contributed by atoms with Crippen molar-refractivity contribution in [2.45, 2.75) is 31.8 Å². The first-order valence-corrected chi connectivity index (χ1v) is 10.4. The van der Waals surface area contributed by atoms with Crippen LogP contribution < -0.4 is 10.9 Å². The van der Waals surface area contributed by atoms with Gasteiger partial charge in [0.15, 0.2) is 5.82 Å². The average Bonchev–Trinajstić information content (AvgIpc) is 3.52. The predicted molar refractivity (Wildman–Crippen MR) is 117 cm³/mol. The van der Waals surface area contributed by atoms with Crippen LogP contribution in [0.15, 0.2) is 63.9 Å². The standard InChI is InChI=1S/C23H19ClN4O3/c24-18-7-3-1-5-15(18)12-25-20(29)13-28-19-8-4-2-6-16(19)17(11-21(28)30)23-26-22(27-31-23)14-9-10-14/h1-8,11,14H,9-10,12-13H2,(H,25,29). The number of nitrogens with one attached hydrogen (secondary N) is 1. The molecule has 2 aromatic carbocycles. The Balaban J connectivity index is 1.44. The third-order valence-electron chi connectivity index (χ3n) is 5.37. The molecule has 156 valence electrons. The van der Waals surface area contributed by atoms with Crippen molar-refractivity contribution < 1.29 is 9.32 Å². The van der Waals surface area contributed by atoms with Gasteiger partial charge in [-0.3, -0.25) is 14.2 Å².